The van der Waals surface area contributed by atoms with E-state index in [0.29, 0.717) is 12.0 Å². The largest absolute Gasteiger partial charge is 0.318 e. The first kappa shape index (κ1) is 14.4. The predicted octanol–water partition coefficient (Wildman–Crippen LogP) is 0.582. The Balaban J connectivity index is 1.90. The van der Waals surface area contributed by atoms with E-state index in [0.717, 1.165) is 12.1 Å². The second-order valence-electron chi connectivity index (χ2n) is 5.31. The smallest absolute Gasteiger partial charge is 0.238 e. The molecule has 2 aliphatic heterocycles. The SMILES string of the molecule is O=C1CNC(c2ccc(F)c(F)c2)N1C1CCS(=O)(=O)C1. The van der Waals surface area contributed by atoms with Gasteiger partial charge in [-0.3, -0.25) is 10.1 Å². The maximum Gasteiger partial charge on any atom is 0.238 e. The van der Waals surface area contributed by atoms with Crippen molar-refractivity contribution in [3.05, 3.63) is 35.4 Å². The molecule has 1 N–H and O–H groups in total. The second kappa shape index (κ2) is 5.03. The summed E-state index contributed by atoms with van der Waals surface area (Å²) in [5, 5.41) is 2.92. The number of rotatable bonds is 2. The number of nitrogens with zero attached hydrogens (tertiary/aromatic N) is 1. The third-order valence-corrected chi connectivity index (χ3v) is 5.62. The normalized spacial score (nSPS) is 28.3. The van der Waals surface area contributed by atoms with E-state index in [4.69, 9.17) is 0 Å². The summed E-state index contributed by atoms with van der Waals surface area (Å²) in [4.78, 5) is 13.5. The van der Waals surface area contributed by atoms with Crippen LogP contribution in [-0.2, 0) is 14.6 Å². The Kier molecular flexibility index (Phi) is 3.45. The van der Waals surface area contributed by atoms with Gasteiger partial charge in [-0.25, -0.2) is 17.2 Å². The summed E-state index contributed by atoms with van der Waals surface area (Å²) in [6.45, 7) is 0.0558. The van der Waals surface area contributed by atoms with Crippen LogP contribution in [0.2, 0.25) is 0 Å². The summed E-state index contributed by atoms with van der Waals surface area (Å²) >= 11 is 0. The summed E-state index contributed by atoms with van der Waals surface area (Å²) in [5.41, 5.74) is 0.407. The maximum absolute atomic E-state index is 13.4. The molecule has 1 aromatic carbocycles. The molecule has 2 unspecified atom stereocenters. The monoisotopic (exact) mass is 316 g/mol. The van der Waals surface area contributed by atoms with E-state index in [1.165, 1.54) is 11.0 Å². The lowest BCUT2D eigenvalue weighted by molar-refractivity contribution is -0.129. The van der Waals surface area contributed by atoms with Crippen LogP contribution in [0.5, 0.6) is 0 Å². The first-order valence-electron chi connectivity index (χ1n) is 6.57. The van der Waals surface area contributed by atoms with Crippen molar-refractivity contribution in [2.24, 2.45) is 0 Å². The molecule has 0 spiro atoms. The van der Waals surface area contributed by atoms with Gasteiger partial charge in [-0.2, -0.15) is 0 Å². The van der Waals surface area contributed by atoms with Gasteiger partial charge in [0.15, 0.2) is 21.5 Å². The van der Waals surface area contributed by atoms with E-state index < -0.39 is 33.7 Å². The summed E-state index contributed by atoms with van der Waals surface area (Å²) in [6, 6.07) is 3.00. The number of nitrogens with one attached hydrogen (secondary N) is 1. The van der Waals surface area contributed by atoms with Gasteiger partial charge in [-0.15, -0.1) is 0 Å². The second-order valence-corrected chi connectivity index (χ2v) is 7.54. The molecule has 2 fully saturated rings. The van der Waals surface area contributed by atoms with Crippen LogP contribution in [0.15, 0.2) is 18.2 Å². The molecule has 0 saturated carbocycles. The zero-order valence-corrected chi connectivity index (χ0v) is 11.9. The third-order valence-electron chi connectivity index (χ3n) is 3.87. The van der Waals surface area contributed by atoms with Crippen molar-refractivity contribution in [1.29, 1.82) is 0 Å². The number of hydrogen-bond acceptors (Lipinski definition) is 4. The Hall–Kier alpha value is -1.54. The van der Waals surface area contributed by atoms with Crippen LogP contribution in [0.4, 0.5) is 8.78 Å². The molecule has 1 aromatic rings. The van der Waals surface area contributed by atoms with E-state index in [9.17, 15) is 22.0 Å². The van der Waals surface area contributed by atoms with E-state index in [1.54, 1.807) is 0 Å². The van der Waals surface area contributed by atoms with Crippen LogP contribution in [0.1, 0.15) is 18.2 Å². The van der Waals surface area contributed by atoms with Crippen molar-refractivity contribution in [3.8, 4) is 0 Å². The van der Waals surface area contributed by atoms with Gasteiger partial charge in [0.1, 0.15) is 6.17 Å². The van der Waals surface area contributed by atoms with Gasteiger partial charge in [0, 0.05) is 6.04 Å². The number of halogens is 2. The summed E-state index contributed by atoms with van der Waals surface area (Å²) in [6.07, 6.45) is -0.249. The lowest BCUT2D eigenvalue weighted by atomic mass is 10.1. The molecule has 5 nitrogen and oxygen atoms in total. The van der Waals surface area contributed by atoms with Gasteiger partial charge in [0.25, 0.3) is 0 Å². The van der Waals surface area contributed by atoms with E-state index >= 15 is 0 Å². The minimum atomic E-state index is -3.13. The highest BCUT2D eigenvalue weighted by Gasteiger charge is 2.41. The molecule has 8 heteroatoms. The molecule has 1 amide bonds. The van der Waals surface area contributed by atoms with Gasteiger partial charge in [-0.05, 0) is 24.1 Å². The molecule has 0 aromatic heterocycles. The van der Waals surface area contributed by atoms with Crippen LogP contribution < -0.4 is 5.32 Å². The lowest BCUT2D eigenvalue weighted by Gasteiger charge is -2.29. The molecule has 0 aliphatic carbocycles. The van der Waals surface area contributed by atoms with Crippen molar-refractivity contribution >= 4 is 15.7 Å². The van der Waals surface area contributed by atoms with Gasteiger partial charge in [0.2, 0.25) is 5.91 Å². The van der Waals surface area contributed by atoms with Crippen molar-refractivity contribution in [2.75, 3.05) is 18.1 Å². The minimum absolute atomic E-state index is 0.0476. The van der Waals surface area contributed by atoms with Gasteiger partial charge in [0.05, 0.1) is 18.1 Å². The standard InChI is InChI=1S/C13H14F2N2O3S/c14-10-2-1-8(5-11(10)15)13-16-6-12(18)17(13)9-3-4-21(19,20)7-9/h1-2,5,9,13,16H,3-4,6-7H2. The molecule has 2 saturated heterocycles. The van der Waals surface area contributed by atoms with Crippen molar-refractivity contribution in [3.63, 3.8) is 0 Å². The quantitative estimate of drug-likeness (QED) is 0.867. The molecule has 2 atom stereocenters. The first-order valence-corrected chi connectivity index (χ1v) is 8.39. The van der Waals surface area contributed by atoms with Crippen LogP contribution >= 0.6 is 0 Å². The van der Waals surface area contributed by atoms with E-state index in [2.05, 4.69) is 5.32 Å². The van der Waals surface area contributed by atoms with Crippen LogP contribution in [0.25, 0.3) is 0 Å². The fourth-order valence-electron chi connectivity index (χ4n) is 2.89. The Bertz CT molecular complexity index is 693. The average molecular weight is 316 g/mol. The molecular weight excluding hydrogens is 302 g/mol. The molecular formula is C13H14F2N2O3S. The molecule has 21 heavy (non-hydrogen) atoms. The average Bonchev–Trinajstić information content (AvgIpc) is 2.95. The Morgan fingerprint density at radius 3 is 2.62 bits per heavy atom. The summed E-state index contributed by atoms with van der Waals surface area (Å²) in [7, 11) is -3.13. The fraction of sp³-hybridized carbons (Fsp3) is 0.462. The predicted molar refractivity (Wildman–Crippen MR) is 71.0 cm³/mol. The Morgan fingerprint density at radius 2 is 2.00 bits per heavy atom. The molecule has 0 radical (unpaired) electrons. The number of carbonyl (C=O) groups excluding carboxylic acids is 1. The summed E-state index contributed by atoms with van der Waals surface area (Å²) < 4.78 is 49.5. The fourth-order valence-corrected chi connectivity index (χ4v) is 4.60. The topological polar surface area (TPSA) is 66.5 Å². The molecule has 3 rings (SSSR count). The van der Waals surface area contributed by atoms with Gasteiger partial charge < -0.3 is 4.90 Å². The number of carbonyl (C=O) groups is 1. The van der Waals surface area contributed by atoms with Gasteiger partial charge in [-0.1, -0.05) is 6.07 Å². The Labute approximate surface area is 120 Å². The van der Waals surface area contributed by atoms with Crippen LogP contribution in [0.3, 0.4) is 0 Å². The number of amides is 1. The minimum Gasteiger partial charge on any atom is -0.318 e. The zero-order chi connectivity index (χ0) is 15.2. The first-order chi connectivity index (χ1) is 9.87. The van der Waals surface area contributed by atoms with Gasteiger partial charge >= 0.3 is 0 Å². The van der Waals surface area contributed by atoms with Crippen LogP contribution in [-0.4, -0.2) is 43.3 Å². The van der Waals surface area contributed by atoms with E-state index in [1.807, 2.05) is 0 Å². The molecule has 2 aliphatic rings. The molecule has 2 heterocycles. The molecule has 0 bridgehead atoms. The van der Waals surface area contributed by atoms with Crippen molar-refractivity contribution < 1.29 is 22.0 Å². The molecule has 114 valence electrons. The highest BCUT2D eigenvalue weighted by Crippen LogP contribution is 2.30. The maximum atomic E-state index is 13.4. The number of sulfone groups is 1. The number of hydrogen-bond donors (Lipinski definition) is 1. The third kappa shape index (κ3) is 2.65. The van der Waals surface area contributed by atoms with Crippen molar-refractivity contribution in [2.45, 2.75) is 18.6 Å². The van der Waals surface area contributed by atoms with Crippen molar-refractivity contribution in [1.82, 2.24) is 10.2 Å². The zero-order valence-electron chi connectivity index (χ0n) is 11.1. The lowest BCUT2D eigenvalue weighted by Crippen LogP contribution is -2.40. The van der Waals surface area contributed by atoms with E-state index in [-0.39, 0.29) is 24.0 Å². The summed E-state index contributed by atoms with van der Waals surface area (Å²) in [5.74, 6) is -2.22. The highest BCUT2D eigenvalue weighted by atomic mass is 32.2. The number of benzene rings is 1. The van der Waals surface area contributed by atoms with Crippen LogP contribution in [0, 0.1) is 11.6 Å². The highest BCUT2D eigenvalue weighted by molar-refractivity contribution is 7.91. The Morgan fingerprint density at radius 1 is 1.24 bits per heavy atom.